The van der Waals surface area contributed by atoms with Crippen LogP contribution >= 0.6 is 0 Å². The minimum atomic E-state index is -0.400. The molecule has 0 spiro atoms. The average Bonchev–Trinajstić information content (AvgIpc) is 3.36. The lowest BCUT2D eigenvalue weighted by Gasteiger charge is -2.29. The molecular formula is C22H29N5O2. The van der Waals surface area contributed by atoms with Crippen molar-refractivity contribution in [1.29, 1.82) is 0 Å². The lowest BCUT2D eigenvalue weighted by molar-refractivity contribution is 0.0899. The minimum Gasteiger partial charge on any atom is -0.466 e. The van der Waals surface area contributed by atoms with Gasteiger partial charge in [-0.15, -0.1) is 0 Å². The molecule has 4 rings (SSSR count). The molecule has 3 aromatic heterocycles. The van der Waals surface area contributed by atoms with E-state index in [-0.39, 0.29) is 11.9 Å². The molecule has 1 saturated carbocycles. The minimum absolute atomic E-state index is 0.124. The Kier molecular flexibility index (Phi) is 4.73. The maximum Gasteiger partial charge on any atom is 0.252 e. The summed E-state index contributed by atoms with van der Waals surface area (Å²) < 4.78 is 7.55. The van der Waals surface area contributed by atoms with E-state index in [0.717, 1.165) is 35.3 Å². The topological polar surface area (TPSA) is 99.0 Å². The number of nitrogens with one attached hydrogen (secondary N) is 1. The molecule has 154 valence electrons. The van der Waals surface area contributed by atoms with Crippen molar-refractivity contribution in [3.63, 3.8) is 0 Å². The normalized spacial score (nSPS) is 16.4. The fraction of sp³-hybridized carbons (Fsp3) is 0.500. The number of hydrogen-bond donors (Lipinski definition) is 2. The van der Waals surface area contributed by atoms with Gasteiger partial charge in [-0.2, -0.15) is 5.10 Å². The number of nitrogens with two attached hydrogens (primary N) is 1. The van der Waals surface area contributed by atoms with Crippen LogP contribution in [-0.4, -0.2) is 32.8 Å². The summed E-state index contributed by atoms with van der Waals surface area (Å²) in [6.45, 7) is 10.4. The van der Waals surface area contributed by atoms with Gasteiger partial charge in [-0.25, -0.2) is 9.67 Å². The Morgan fingerprint density at radius 3 is 2.66 bits per heavy atom. The summed E-state index contributed by atoms with van der Waals surface area (Å²) in [5.41, 5.74) is 8.48. The Labute approximate surface area is 170 Å². The van der Waals surface area contributed by atoms with E-state index in [4.69, 9.17) is 15.1 Å². The molecule has 0 aromatic carbocycles. The van der Waals surface area contributed by atoms with E-state index in [1.54, 1.807) is 6.20 Å². The van der Waals surface area contributed by atoms with Crippen molar-refractivity contribution in [2.45, 2.75) is 59.0 Å². The van der Waals surface area contributed by atoms with Gasteiger partial charge in [-0.3, -0.25) is 4.79 Å². The van der Waals surface area contributed by atoms with E-state index in [9.17, 15) is 4.79 Å². The number of pyridine rings is 1. The van der Waals surface area contributed by atoms with Gasteiger partial charge in [0.25, 0.3) is 5.91 Å². The third kappa shape index (κ3) is 3.44. The van der Waals surface area contributed by atoms with Gasteiger partial charge in [0.15, 0.2) is 5.65 Å². The number of hydrogen-bond acceptors (Lipinski definition) is 5. The smallest absolute Gasteiger partial charge is 0.252 e. The molecule has 1 fully saturated rings. The van der Waals surface area contributed by atoms with Crippen LogP contribution < -0.4 is 11.1 Å². The van der Waals surface area contributed by atoms with Crippen molar-refractivity contribution in [3.8, 4) is 11.3 Å². The van der Waals surface area contributed by atoms with E-state index < -0.39 is 5.54 Å². The van der Waals surface area contributed by atoms with Crippen LogP contribution in [0.25, 0.3) is 22.3 Å². The molecule has 0 saturated heterocycles. The first-order chi connectivity index (χ1) is 13.7. The zero-order valence-electron chi connectivity index (χ0n) is 17.7. The summed E-state index contributed by atoms with van der Waals surface area (Å²) in [6.07, 6.45) is 3.93. The zero-order valence-corrected chi connectivity index (χ0v) is 17.7. The second-order valence-electron chi connectivity index (χ2n) is 8.65. The molecule has 1 aliphatic rings. The summed E-state index contributed by atoms with van der Waals surface area (Å²) in [6, 6.07) is 3.92. The molecule has 0 bridgehead atoms. The monoisotopic (exact) mass is 395 g/mol. The van der Waals surface area contributed by atoms with E-state index in [1.165, 1.54) is 0 Å². The van der Waals surface area contributed by atoms with Crippen molar-refractivity contribution < 1.29 is 9.21 Å². The average molecular weight is 396 g/mol. The molecule has 1 aliphatic carbocycles. The lowest BCUT2D eigenvalue weighted by atomic mass is 9.95. The molecule has 1 unspecified atom stereocenters. The third-order valence-corrected chi connectivity index (χ3v) is 5.92. The van der Waals surface area contributed by atoms with Gasteiger partial charge in [0.2, 0.25) is 0 Å². The van der Waals surface area contributed by atoms with Gasteiger partial charge >= 0.3 is 0 Å². The van der Waals surface area contributed by atoms with Crippen LogP contribution in [0, 0.1) is 19.8 Å². The highest BCUT2D eigenvalue weighted by Gasteiger charge is 2.42. The van der Waals surface area contributed by atoms with E-state index in [2.05, 4.69) is 10.4 Å². The van der Waals surface area contributed by atoms with Crippen molar-refractivity contribution in [2.75, 3.05) is 6.54 Å². The Bertz CT molecular complexity index is 1080. The molecule has 1 amide bonds. The van der Waals surface area contributed by atoms with Gasteiger partial charge in [0, 0.05) is 18.2 Å². The molecule has 1 atom stereocenters. The molecule has 7 nitrogen and oxygen atoms in total. The maximum absolute atomic E-state index is 13.4. The van der Waals surface area contributed by atoms with E-state index in [0.29, 0.717) is 29.4 Å². The van der Waals surface area contributed by atoms with Crippen LogP contribution in [0.2, 0.25) is 0 Å². The molecule has 7 heteroatoms. The highest BCUT2D eigenvalue weighted by atomic mass is 16.3. The number of furan rings is 1. The van der Waals surface area contributed by atoms with E-state index >= 15 is 0 Å². The first-order valence-electron chi connectivity index (χ1n) is 10.2. The fourth-order valence-electron chi connectivity index (χ4n) is 3.97. The number of aromatic nitrogens is 3. The van der Waals surface area contributed by atoms with Crippen LogP contribution in [-0.2, 0) is 0 Å². The van der Waals surface area contributed by atoms with Crippen LogP contribution in [0.15, 0.2) is 22.7 Å². The zero-order chi connectivity index (χ0) is 20.9. The Morgan fingerprint density at radius 2 is 2.10 bits per heavy atom. The van der Waals surface area contributed by atoms with Crippen molar-refractivity contribution in [3.05, 3.63) is 35.4 Å². The predicted octanol–water partition coefficient (Wildman–Crippen LogP) is 3.75. The largest absolute Gasteiger partial charge is 0.466 e. The summed E-state index contributed by atoms with van der Waals surface area (Å²) in [4.78, 5) is 18.2. The van der Waals surface area contributed by atoms with Crippen LogP contribution in [0.3, 0.4) is 0 Å². The molecule has 29 heavy (non-hydrogen) atoms. The van der Waals surface area contributed by atoms with Crippen LogP contribution in [0.1, 0.15) is 61.5 Å². The van der Waals surface area contributed by atoms with Gasteiger partial charge in [0.05, 0.1) is 28.4 Å². The Hall–Kier alpha value is -2.67. The van der Waals surface area contributed by atoms with Gasteiger partial charge in [-0.1, -0.05) is 0 Å². The molecule has 0 radical (unpaired) electrons. The molecule has 3 aromatic rings. The summed E-state index contributed by atoms with van der Waals surface area (Å²) in [5.74, 6) is 1.89. The third-order valence-electron chi connectivity index (χ3n) is 5.92. The molecule has 3 N–H and O–H groups in total. The van der Waals surface area contributed by atoms with Crippen molar-refractivity contribution in [1.82, 2.24) is 20.1 Å². The number of fused-ring (bicyclic) bond motifs is 1. The molecule has 0 aliphatic heterocycles. The first-order valence-corrected chi connectivity index (χ1v) is 10.2. The summed E-state index contributed by atoms with van der Waals surface area (Å²) in [7, 11) is 0. The Balaban J connectivity index is 1.85. The number of aryl methyl sites for hydroxylation is 2. The lowest BCUT2D eigenvalue weighted by Crippen LogP contribution is -2.53. The predicted molar refractivity (Wildman–Crippen MR) is 113 cm³/mol. The number of nitrogens with zero attached hydrogens (tertiary/aromatic N) is 3. The summed E-state index contributed by atoms with van der Waals surface area (Å²) >= 11 is 0. The first kappa shape index (κ1) is 19.6. The highest BCUT2D eigenvalue weighted by Crippen LogP contribution is 2.39. The summed E-state index contributed by atoms with van der Waals surface area (Å²) in [5, 5.41) is 8.43. The highest BCUT2D eigenvalue weighted by molar-refractivity contribution is 6.06. The van der Waals surface area contributed by atoms with Crippen molar-refractivity contribution >= 4 is 16.9 Å². The van der Waals surface area contributed by atoms with Crippen LogP contribution in [0.4, 0.5) is 0 Å². The van der Waals surface area contributed by atoms with E-state index in [1.807, 2.05) is 51.4 Å². The number of carbonyl (C=O) groups is 1. The van der Waals surface area contributed by atoms with Crippen molar-refractivity contribution in [2.24, 2.45) is 11.7 Å². The second kappa shape index (κ2) is 6.99. The Morgan fingerprint density at radius 1 is 1.38 bits per heavy atom. The van der Waals surface area contributed by atoms with Gasteiger partial charge in [-0.05, 0) is 65.5 Å². The molecule has 3 heterocycles. The SMILES string of the molecule is Cc1cc(-c2cc(C(=O)NC(C)(CN)C3CC3)c3cnn(C(C)C)c3n2)c(C)o1. The number of amides is 1. The fourth-order valence-corrected chi connectivity index (χ4v) is 3.97. The quantitative estimate of drug-likeness (QED) is 0.662. The van der Waals surface area contributed by atoms with Gasteiger partial charge < -0.3 is 15.5 Å². The standard InChI is InChI=1S/C22H29N5O2/c1-12(2)27-20-18(10-24-27)17(21(28)26-22(5,11-23)15-6-7-15)9-19(25-20)16-8-13(3)29-14(16)4/h8-10,12,15H,6-7,11,23H2,1-5H3,(H,26,28). The maximum atomic E-state index is 13.4. The van der Waals surface area contributed by atoms with Gasteiger partial charge in [0.1, 0.15) is 11.5 Å². The number of carbonyl (C=O) groups excluding carboxylic acids is 1. The number of rotatable bonds is 6. The molecular weight excluding hydrogens is 366 g/mol. The van der Waals surface area contributed by atoms with Crippen LogP contribution in [0.5, 0.6) is 0 Å². The second-order valence-corrected chi connectivity index (χ2v) is 8.65.